The second kappa shape index (κ2) is 4.31. The molecule has 0 saturated heterocycles. The molecule has 4 aromatic rings. The lowest BCUT2D eigenvalue weighted by molar-refractivity contribution is 0.0511. The summed E-state index contributed by atoms with van der Waals surface area (Å²) in [6, 6.07) is 11.9. The molecule has 2 heterocycles. The van der Waals surface area contributed by atoms with Crippen molar-refractivity contribution in [2.24, 2.45) is 0 Å². The summed E-state index contributed by atoms with van der Waals surface area (Å²) in [5.74, 6) is 0.222. The zero-order valence-electron chi connectivity index (χ0n) is 11.3. The van der Waals surface area contributed by atoms with Crippen molar-refractivity contribution in [1.82, 2.24) is 19.6 Å². The summed E-state index contributed by atoms with van der Waals surface area (Å²) in [5.41, 5.74) is 1.84. The number of aromatic amines is 1. The Morgan fingerprint density at radius 3 is 2.86 bits per heavy atom. The molecule has 6 heteroatoms. The van der Waals surface area contributed by atoms with E-state index in [4.69, 9.17) is 4.74 Å². The first-order chi connectivity index (χ1) is 10.3. The molecule has 21 heavy (non-hydrogen) atoms. The minimum absolute atomic E-state index is 0.182. The van der Waals surface area contributed by atoms with Crippen molar-refractivity contribution >= 4 is 33.6 Å². The van der Waals surface area contributed by atoms with Crippen molar-refractivity contribution in [2.75, 3.05) is 6.61 Å². The van der Waals surface area contributed by atoms with E-state index in [1.54, 1.807) is 11.3 Å². The SMILES string of the molecule is CCOC(=O)c1nnc2[nH]c3cccc4cccc(c43)n12. The minimum Gasteiger partial charge on any atom is -0.460 e. The summed E-state index contributed by atoms with van der Waals surface area (Å²) in [5, 5.41) is 10.1. The Hall–Kier alpha value is -2.89. The van der Waals surface area contributed by atoms with E-state index in [9.17, 15) is 4.79 Å². The molecule has 0 aliphatic heterocycles. The quantitative estimate of drug-likeness (QED) is 0.573. The van der Waals surface area contributed by atoms with Crippen molar-refractivity contribution in [3.05, 3.63) is 42.2 Å². The second-order valence-electron chi connectivity index (χ2n) is 4.71. The Bertz CT molecular complexity index is 978. The van der Waals surface area contributed by atoms with Gasteiger partial charge in [0, 0.05) is 5.39 Å². The van der Waals surface area contributed by atoms with Crippen molar-refractivity contribution in [3.8, 4) is 0 Å². The third kappa shape index (κ3) is 1.62. The fourth-order valence-corrected chi connectivity index (χ4v) is 2.65. The maximum atomic E-state index is 12.0. The van der Waals surface area contributed by atoms with E-state index in [1.807, 2.05) is 36.4 Å². The van der Waals surface area contributed by atoms with Gasteiger partial charge in [0.15, 0.2) is 0 Å². The van der Waals surface area contributed by atoms with Gasteiger partial charge in [0.05, 0.1) is 17.6 Å². The number of nitrogens with one attached hydrogen (secondary N) is 1. The van der Waals surface area contributed by atoms with Crippen LogP contribution in [0.4, 0.5) is 0 Å². The standard InChI is InChI=1S/C15H12N4O2/c1-2-21-14(20)13-17-18-15-16-10-7-3-5-9-6-4-8-11(12(9)10)19(13)15/h3-8H,2H2,1H3,(H,16,18). The number of rotatable bonds is 2. The fraction of sp³-hybridized carbons (Fsp3) is 0.133. The molecule has 0 saturated carbocycles. The Balaban J connectivity index is 2.17. The van der Waals surface area contributed by atoms with Gasteiger partial charge in [-0.2, -0.15) is 0 Å². The first kappa shape index (κ1) is 11.9. The molecule has 6 nitrogen and oxygen atoms in total. The van der Waals surface area contributed by atoms with Gasteiger partial charge < -0.3 is 9.72 Å². The van der Waals surface area contributed by atoms with Crippen molar-refractivity contribution < 1.29 is 9.53 Å². The van der Waals surface area contributed by atoms with Gasteiger partial charge >= 0.3 is 5.97 Å². The number of hydrogen-bond acceptors (Lipinski definition) is 4. The van der Waals surface area contributed by atoms with Crippen LogP contribution < -0.4 is 0 Å². The number of H-pyrrole nitrogens is 1. The van der Waals surface area contributed by atoms with Crippen LogP contribution in [0, 0.1) is 0 Å². The third-order valence-electron chi connectivity index (χ3n) is 3.49. The zero-order valence-corrected chi connectivity index (χ0v) is 11.3. The number of carbonyl (C=O) groups excluding carboxylic acids is 1. The molecule has 0 amide bonds. The fourth-order valence-electron chi connectivity index (χ4n) is 2.65. The topological polar surface area (TPSA) is 72.3 Å². The van der Waals surface area contributed by atoms with E-state index in [-0.39, 0.29) is 5.82 Å². The monoisotopic (exact) mass is 280 g/mol. The molecule has 104 valence electrons. The number of aromatic nitrogens is 4. The predicted octanol–water partition coefficient (Wildman–Crippen LogP) is 2.54. The Morgan fingerprint density at radius 2 is 2.05 bits per heavy atom. The lowest BCUT2D eigenvalue weighted by Crippen LogP contribution is -2.10. The number of carbonyl (C=O) groups is 1. The number of fused-ring (bicyclic) bond motifs is 2. The molecule has 2 aromatic heterocycles. The summed E-state index contributed by atoms with van der Waals surface area (Å²) >= 11 is 0. The molecule has 0 atom stereocenters. The van der Waals surface area contributed by atoms with Crippen LogP contribution in [0.3, 0.4) is 0 Å². The summed E-state index contributed by atoms with van der Waals surface area (Å²) in [7, 11) is 0. The maximum absolute atomic E-state index is 12.0. The first-order valence-corrected chi connectivity index (χ1v) is 6.71. The average Bonchev–Trinajstić information content (AvgIpc) is 2.92. The van der Waals surface area contributed by atoms with E-state index >= 15 is 0 Å². The largest absolute Gasteiger partial charge is 0.460 e. The molecule has 4 rings (SSSR count). The van der Waals surface area contributed by atoms with Gasteiger partial charge in [-0.15, -0.1) is 10.2 Å². The molecule has 0 unspecified atom stereocenters. The number of hydrogen-bond donors (Lipinski definition) is 1. The van der Waals surface area contributed by atoms with E-state index < -0.39 is 5.97 Å². The van der Waals surface area contributed by atoms with Crippen molar-refractivity contribution in [1.29, 1.82) is 0 Å². The van der Waals surface area contributed by atoms with Crippen molar-refractivity contribution in [3.63, 3.8) is 0 Å². The maximum Gasteiger partial charge on any atom is 0.376 e. The molecular formula is C15H12N4O2. The average molecular weight is 280 g/mol. The second-order valence-corrected chi connectivity index (χ2v) is 4.71. The van der Waals surface area contributed by atoms with Crippen LogP contribution in [-0.4, -0.2) is 32.2 Å². The van der Waals surface area contributed by atoms with E-state index in [2.05, 4.69) is 15.2 Å². The molecule has 0 spiro atoms. The molecule has 2 aromatic carbocycles. The lowest BCUT2D eigenvalue weighted by atomic mass is 10.1. The number of ether oxygens (including phenoxy) is 1. The van der Waals surface area contributed by atoms with Crippen LogP contribution in [0.25, 0.3) is 27.6 Å². The lowest BCUT2D eigenvalue weighted by Gasteiger charge is -2.08. The Labute approximate surface area is 119 Å². The van der Waals surface area contributed by atoms with Crippen LogP contribution in [0.15, 0.2) is 36.4 Å². The van der Waals surface area contributed by atoms with Gasteiger partial charge in [-0.3, -0.25) is 4.40 Å². The highest BCUT2D eigenvalue weighted by Crippen LogP contribution is 2.26. The van der Waals surface area contributed by atoms with E-state index in [0.717, 1.165) is 21.8 Å². The van der Waals surface area contributed by atoms with Gasteiger partial charge in [0.25, 0.3) is 0 Å². The zero-order chi connectivity index (χ0) is 14.4. The Morgan fingerprint density at radius 1 is 1.24 bits per heavy atom. The highest BCUT2D eigenvalue weighted by atomic mass is 16.5. The van der Waals surface area contributed by atoms with E-state index in [1.165, 1.54) is 0 Å². The van der Waals surface area contributed by atoms with Gasteiger partial charge in [-0.25, -0.2) is 4.79 Å². The molecule has 1 N–H and O–H groups in total. The van der Waals surface area contributed by atoms with Gasteiger partial charge in [0.2, 0.25) is 11.6 Å². The molecule has 0 aliphatic rings. The minimum atomic E-state index is -0.477. The van der Waals surface area contributed by atoms with Gasteiger partial charge in [-0.1, -0.05) is 24.3 Å². The molecule has 0 bridgehead atoms. The highest BCUT2D eigenvalue weighted by Gasteiger charge is 2.18. The smallest absolute Gasteiger partial charge is 0.376 e. The van der Waals surface area contributed by atoms with Crippen LogP contribution in [0.1, 0.15) is 17.5 Å². The normalized spacial score (nSPS) is 11.5. The number of esters is 1. The van der Waals surface area contributed by atoms with Gasteiger partial charge in [-0.05, 0) is 24.4 Å². The van der Waals surface area contributed by atoms with Crippen LogP contribution in [-0.2, 0) is 4.74 Å². The predicted molar refractivity (Wildman–Crippen MR) is 78.3 cm³/mol. The number of benzene rings is 2. The molecule has 0 aliphatic carbocycles. The summed E-state index contributed by atoms with van der Waals surface area (Å²) < 4.78 is 6.75. The summed E-state index contributed by atoms with van der Waals surface area (Å²) in [6.45, 7) is 2.06. The van der Waals surface area contributed by atoms with E-state index in [0.29, 0.717) is 12.4 Å². The molecular weight excluding hydrogens is 268 g/mol. The summed E-state index contributed by atoms with van der Waals surface area (Å²) in [6.07, 6.45) is 0. The van der Waals surface area contributed by atoms with Crippen LogP contribution >= 0.6 is 0 Å². The summed E-state index contributed by atoms with van der Waals surface area (Å²) in [4.78, 5) is 15.2. The third-order valence-corrected chi connectivity index (χ3v) is 3.49. The van der Waals surface area contributed by atoms with Crippen LogP contribution in [0.5, 0.6) is 0 Å². The Kier molecular flexibility index (Phi) is 2.44. The first-order valence-electron chi connectivity index (χ1n) is 6.71. The molecule has 0 radical (unpaired) electrons. The molecule has 0 fully saturated rings. The highest BCUT2D eigenvalue weighted by molar-refractivity contribution is 6.08. The number of nitrogens with zero attached hydrogens (tertiary/aromatic N) is 3. The van der Waals surface area contributed by atoms with Crippen molar-refractivity contribution in [2.45, 2.75) is 6.92 Å². The van der Waals surface area contributed by atoms with Gasteiger partial charge in [0.1, 0.15) is 0 Å². The van der Waals surface area contributed by atoms with Crippen LogP contribution in [0.2, 0.25) is 0 Å².